The van der Waals surface area contributed by atoms with Crippen LogP contribution in [-0.4, -0.2) is 5.78 Å². The molecule has 0 atom stereocenters. The predicted molar refractivity (Wildman–Crippen MR) is 172 cm³/mol. The Balaban J connectivity index is 0.00000326. The Labute approximate surface area is 238 Å². The fraction of sp³-hybridized carbons (Fsp3) is 0.649. The zero-order valence-electron chi connectivity index (χ0n) is 26.6. The average molecular weight is 523 g/mol. The molecular formula is C37H62O. The van der Waals surface area contributed by atoms with Gasteiger partial charge in [-0.3, -0.25) is 4.79 Å². The number of hydrogen-bond acceptors (Lipinski definition) is 1. The van der Waals surface area contributed by atoms with E-state index in [1.165, 1.54) is 50.5 Å². The van der Waals surface area contributed by atoms with Gasteiger partial charge in [0.15, 0.2) is 0 Å². The van der Waals surface area contributed by atoms with E-state index in [4.69, 9.17) is 0 Å². The van der Waals surface area contributed by atoms with Crippen molar-refractivity contribution in [2.24, 2.45) is 10.8 Å². The summed E-state index contributed by atoms with van der Waals surface area (Å²) in [5, 5.41) is 0. The Morgan fingerprint density at radius 2 is 1.24 bits per heavy atom. The first kappa shape index (κ1) is 36.1. The third-order valence-corrected chi connectivity index (χ3v) is 7.46. The molecule has 1 aliphatic rings. The van der Waals surface area contributed by atoms with Crippen LogP contribution in [0.3, 0.4) is 0 Å². The van der Waals surface area contributed by atoms with E-state index in [2.05, 4.69) is 88.4 Å². The van der Waals surface area contributed by atoms with Gasteiger partial charge in [-0.05, 0) is 80.6 Å². The van der Waals surface area contributed by atoms with E-state index in [9.17, 15) is 4.79 Å². The molecule has 0 spiro atoms. The van der Waals surface area contributed by atoms with Crippen molar-refractivity contribution in [1.82, 2.24) is 0 Å². The van der Waals surface area contributed by atoms with Crippen LogP contribution >= 0.6 is 0 Å². The highest BCUT2D eigenvalue weighted by Crippen LogP contribution is 2.32. The molecule has 0 aliphatic heterocycles. The molecule has 38 heavy (non-hydrogen) atoms. The van der Waals surface area contributed by atoms with Crippen LogP contribution in [0.1, 0.15) is 144 Å². The van der Waals surface area contributed by atoms with Gasteiger partial charge in [0.1, 0.15) is 5.78 Å². The molecule has 0 N–H and O–H groups in total. The van der Waals surface area contributed by atoms with Gasteiger partial charge >= 0.3 is 0 Å². The van der Waals surface area contributed by atoms with E-state index in [-0.39, 0.29) is 0 Å². The van der Waals surface area contributed by atoms with Gasteiger partial charge in [0, 0.05) is 12.8 Å². The second-order valence-corrected chi connectivity index (χ2v) is 11.9. The van der Waals surface area contributed by atoms with Crippen LogP contribution in [-0.2, 0) is 11.2 Å². The van der Waals surface area contributed by atoms with Crippen LogP contribution in [0.2, 0.25) is 0 Å². The topological polar surface area (TPSA) is 17.1 Å². The van der Waals surface area contributed by atoms with E-state index in [1.54, 1.807) is 5.57 Å². The molecule has 1 aliphatic carbocycles. The zero-order chi connectivity index (χ0) is 28.7. The summed E-state index contributed by atoms with van der Waals surface area (Å²) >= 11 is 0. The standard InChI is InChI=1S/C33H50O.2C2H6/c1-32(2,27-23-29-17-9-6-5-7-10-18-29)25-15-13-21-31(34)22-14-16-26-33(3,4)28-24-30-19-11-8-12-20-30;2*1-2/h6-12,17,19-20H,5,13-16,18,21-28H2,1-4H3;2*1-2H3/b9-6-,10-7-,29-17+;;. The van der Waals surface area contributed by atoms with Crippen LogP contribution in [0.4, 0.5) is 0 Å². The maximum absolute atomic E-state index is 12.4. The van der Waals surface area contributed by atoms with Crippen molar-refractivity contribution < 1.29 is 4.79 Å². The maximum atomic E-state index is 12.4. The molecular weight excluding hydrogens is 460 g/mol. The molecule has 1 aromatic carbocycles. The van der Waals surface area contributed by atoms with E-state index in [1.807, 2.05) is 27.7 Å². The summed E-state index contributed by atoms with van der Waals surface area (Å²) in [6.07, 6.45) is 26.7. The van der Waals surface area contributed by atoms with E-state index in [0.717, 1.165) is 44.9 Å². The molecule has 1 nitrogen and oxygen atoms in total. The van der Waals surface area contributed by atoms with E-state index in [0.29, 0.717) is 16.6 Å². The quantitative estimate of drug-likeness (QED) is 0.156. The first-order chi connectivity index (χ1) is 18.3. The largest absolute Gasteiger partial charge is 0.300 e. The van der Waals surface area contributed by atoms with Gasteiger partial charge in [-0.15, -0.1) is 0 Å². The fourth-order valence-electron chi connectivity index (χ4n) is 4.80. The van der Waals surface area contributed by atoms with Crippen LogP contribution in [0.5, 0.6) is 0 Å². The summed E-state index contributed by atoms with van der Waals surface area (Å²) in [5.41, 5.74) is 3.67. The van der Waals surface area contributed by atoms with Crippen LogP contribution in [0.25, 0.3) is 0 Å². The highest BCUT2D eigenvalue weighted by Gasteiger charge is 2.19. The lowest BCUT2D eigenvalue weighted by Gasteiger charge is -2.25. The number of carbonyl (C=O) groups is 1. The van der Waals surface area contributed by atoms with Crippen molar-refractivity contribution in [3.63, 3.8) is 0 Å². The number of benzene rings is 1. The molecule has 2 rings (SSSR count). The van der Waals surface area contributed by atoms with Gasteiger partial charge < -0.3 is 0 Å². The third-order valence-electron chi connectivity index (χ3n) is 7.46. The normalized spacial score (nSPS) is 16.4. The first-order valence-electron chi connectivity index (χ1n) is 15.8. The number of carbonyl (C=O) groups excluding carboxylic acids is 1. The first-order valence-corrected chi connectivity index (χ1v) is 15.8. The molecule has 0 radical (unpaired) electrons. The Morgan fingerprint density at radius 3 is 1.82 bits per heavy atom. The molecule has 0 saturated heterocycles. The summed E-state index contributed by atoms with van der Waals surface area (Å²) in [4.78, 5) is 12.4. The highest BCUT2D eigenvalue weighted by molar-refractivity contribution is 5.78. The predicted octanol–water partition coefficient (Wildman–Crippen LogP) is 12.0. The van der Waals surface area contributed by atoms with Crippen molar-refractivity contribution in [3.05, 3.63) is 71.8 Å². The van der Waals surface area contributed by atoms with Crippen LogP contribution in [0.15, 0.2) is 66.3 Å². The van der Waals surface area contributed by atoms with Crippen molar-refractivity contribution >= 4 is 5.78 Å². The minimum atomic E-state index is 0.350. The fourth-order valence-corrected chi connectivity index (χ4v) is 4.80. The van der Waals surface area contributed by atoms with E-state index >= 15 is 0 Å². The van der Waals surface area contributed by atoms with Crippen LogP contribution in [0, 0.1) is 10.8 Å². The Kier molecular flexibility index (Phi) is 20.9. The minimum Gasteiger partial charge on any atom is -0.300 e. The second kappa shape index (κ2) is 22.0. The molecule has 216 valence electrons. The Bertz CT molecular complexity index is 791. The summed E-state index contributed by atoms with van der Waals surface area (Å²) in [6, 6.07) is 10.8. The SMILES string of the molecule is CC.CC.CC(C)(CCCCC(=O)CCCCC(C)(C)CCc1ccccc1)CC/C1=C/C=C\C/C=C\C1. The molecule has 0 amide bonds. The number of allylic oxidation sites excluding steroid dienone is 6. The lowest BCUT2D eigenvalue weighted by atomic mass is 9.80. The van der Waals surface area contributed by atoms with Crippen molar-refractivity contribution in [3.8, 4) is 0 Å². The average Bonchev–Trinajstić information content (AvgIpc) is 2.90. The van der Waals surface area contributed by atoms with Gasteiger partial charge in [-0.25, -0.2) is 0 Å². The van der Waals surface area contributed by atoms with Crippen LogP contribution < -0.4 is 0 Å². The number of aryl methyl sites for hydroxylation is 1. The van der Waals surface area contributed by atoms with Gasteiger partial charge in [0.05, 0.1) is 0 Å². The monoisotopic (exact) mass is 522 g/mol. The molecule has 0 saturated carbocycles. The molecule has 1 aromatic rings. The van der Waals surface area contributed by atoms with Gasteiger partial charge in [-0.1, -0.05) is 135 Å². The summed E-state index contributed by atoms with van der Waals surface area (Å²) < 4.78 is 0. The lowest BCUT2D eigenvalue weighted by molar-refractivity contribution is -0.119. The number of unbranched alkanes of at least 4 members (excludes halogenated alkanes) is 2. The van der Waals surface area contributed by atoms with Gasteiger partial charge in [-0.2, -0.15) is 0 Å². The molecule has 0 heterocycles. The summed E-state index contributed by atoms with van der Waals surface area (Å²) in [7, 11) is 0. The number of rotatable bonds is 16. The Morgan fingerprint density at radius 1 is 0.684 bits per heavy atom. The van der Waals surface area contributed by atoms with Crippen molar-refractivity contribution in [2.45, 2.75) is 145 Å². The summed E-state index contributed by atoms with van der Waals surface area (Å²) in [5.74, 6) is 0.471. The summed E-state index contributed by atoms with van der Waals surface area (Å²) in [6.45, 7) is 17.5. The second-order valence-electron chi connectivity index (χ2n) is 11.9. The Hall–Kier alpha value is -1.89. The number of ketones is 1. The van der Waals surface area contributed by atoms with Gasteiger partial charge in [0.2, 0.25) is 0 Å². The minimum absolute atomic E-state index is 0.350. The molecule has 0 fully saturated rings. The third kappa shape index (κ3) is 19.2. The van der Waals surface area contributed by atoms with Crippen molar-refractivity contribution in [2.75, 3.05) is 0 Å². The zero-order valence-corrected chi connectivity index (χ0v) is 26.6. The highest BCUT2D eigenvalue weighted by atomic mass is 16.1. The molecule has 1 heteroatoms. The lowest BCUT2D eigenvalue weighted by Crippen LogP contribution is -2.13. The van der Waals surface area contributed by atoms with Crippen molar-refractivity contribution in [1.29, 1.82) is 0 Å². The number of hydrogen-bond donors (Lipinski definition) is 0. The molecule has 0 aromatic heterocycles. The van der Waals surface area contributed by atoms with E-state index < -0.39 is 0 Å². The number of Topliss-reactive ketones (excluding diaryl/α,β-unsaturated/α-hetero) is 1. The smallest absolute Gasteiger partial charge is 0.132 e. The van der Waals surface area contributed by atoms with Gasteiger partial charge in [0.25, 0.3) is 0 Å². The molecule has 0 bridgehead atoms. The maximum Gasteiger partial charge on any atom is 0.132 e. The molecule has 0 unspecified atom stereocenters.